The average Bonchev–Trinajstić information content (AvgIpc) is 3.17. The Bertz CT molecular complexity index is 1240. The molecule has 3 aliphatic rings. The maximum atomic E-state index is 13.5. The number of fused-ring (bicyclic) bond motifs is 1. The fourth-order valence-electron chi connectivity index (χ4n) is 5.49. The number of aryl methyl sites for hydroxylation is 1. The number of amides is 4. The zero-order chi connectivity index (χ0) is 25.6. The van der Waals surface area contributed by atoms with Gasteiger partial charge >= 0.3 is 6.03 Å². The second-order valence-electron chi connectivity index (χ2n) is 11.0. The van der Waals surface area contributed by atoms with Gasteiger partial charge < -0.3 is 15.5 Å². The molecule has 2 aromatic carbocycles. The van der Waals surface area contributed by atoms with Crippen molar-refractivity contribution in [1.29, 1.82) is 0 Å². The Morgan fingerprint density at radius 3 is 2.53 bits per heavy atom. The Morgan fingerprint density at radius 2 is 1.81 bits per heavy atom. The van der Waals surface area contributed by atoms with Crippen molar-refractivity contribution < 1.29 is 14.4 Å². The van der Waals surface area contributed by atoms with Crippen LogP contribution in [0, 0.1) is 0 Å². The quantitative estimate of drug-likeness (QED) is 0.686. The molecule has 0 radical (unpaired) electrons. The van der Waals surface area contributed by atoms with Crippen LogP contribution < -0.4 is 10.6 Å². The number of hydrogen-bond acceptors (Lipinski definition) is 3. The number of hydrogen-bond donors (Lipinski definition) is 2. The summed E-state index contributed by atoms with van der Waals surface area (Å²) >= 11 is 0. The highest BCUT2D eigenvalue weighted by Crippen LogP contribution is 2.36. The van der Waals surface area contributed by atoms with Crippen LogP contribution in [0.3, 0.4) is 0 Å². The standard InChI is InChI=1S/C29H34N4O3/c1-29(2,3)20-14-12-19(13-15-20)26-25-23(32(4)28(36)31-26)16-33(27(25)35)17-24(34)30-22-11-7-9-18-8-5-6-10-21(18)22/h5-6,8,10,12-15,22,26H,7,9,11,16-17H2,1-4H3,(H,30,34)(H,31,36)/t22-,26+/m1/s1. The molecule has 0 bridgehead atoms. The molecule has 7 nitrogen and oxygen atoms in total. The van der Waals surface area contributed by atoms with E-state index in [4.69, 9.17) is 0 Å². The number of urea groups is 1. The van der Waals surface area contributed by atoms with Crippen molar-refractivity contribution in [2.45, 2.75) is 57.5 Å². The smallest absolute Gasteiger partial charge is 0.322 e. The average molecular weight is 487 g/mol. The molecule has 0 saturated carbocycles. The van der Waals surface area contributed by atoms with Gasteiger partial charge in [-0.2, -0.15) is 0 Å². The van der Waals surface area contributed by atoms with Crippen LogP contribution in [0.2, 0.25) is 0 Å². The number of carbonyl (C=O) groups is 3. The minimum atomic E-state index is -0.538. The Morgan fingerprint density at radius 1 is 1.08 bits per heavy atom. The van der Waals surface area contributed by atoms with Gasteiger partial charge in [0.25, 0.3) is 5.91 Å². The van der Waals surface area contributed by atoms with Crippen molar-refractivity contribution >= 4 is 17.8 Å². The molecular weight excluding hydrogens is 452 g/mol. The molecule has 0 aromatic heterocycles. The molecule has 2 aliphatic heterocycles. The summed E-state index contributed by atoms with van der Waals surface area (Å²) in [5.41, 5.74) is 5.67. The third-order valence-electron chi connectivity index (χ3n) is 7.58. The van der Waals surface area contributed by atoms with Crippen LogP contribution in [0.15, 0.2) is 59.8 Å². The molecule has 0 unspecified atom stereocenters. The highest BCUT2D eigenvalue weighted by Gasteiger charge is 2.43. The van der Waals surface area contributed by atoms with Crippen molar-refractivity contribution in [3.63, 3.8) is 0 Å². The summed E-state index contributed by atoms with van der Waals surface area (Å²) in [6.07, 6.45) is 2.93. The third-order valence-corrected chi connectivity index (χ3v) is 7.58. The monoisotopic (exact) mass is 486 g/mol. The number of carbonyl (C=O) groups excluding carboxylic acids is 3. The van der Waals surface area contributed by atoms with Crippen molar-refractivity contribution in [3.8, 4) is 0 Å². The van der Waals surface area contributed by atoms with Crippen LogP contribution in [0.25, 0.3) is 0 Å². The summed E-state index contributed by atoms with van der Waals surface area (Å²) in [6, 6.07) is 15.4. The fraction of sp³-hybridized carbons (Fsp3) is 0.414. The first kappa shape index (κ1) is 24.1. The minimum Gasteiger partial charge on any atom is -0.348 e. The Hall–Kier alpha value is -3.61. The van der Waals surface area contributed by atoms with Gasteiger partial charge in [0.15, 0.2) is 0 Å². The van der Waals surface area contributed by atoms with Crippen molar-refractivity contribution in [2.24, 2.45) is 0 Å². The number of nitrogens with zero attached hydrogens (tertiary/aromatic N) is 2. The lowest BCUT2D eigenvalue weighted by atomic mass is 9.85. The van der Waals surface area contributed by atoms with E-state index in [1.54, 1.807) is 11.9 Å². The van der Waals surface area contributed by atoms with Crippen molar-refractivity contribution in [3.05, 3.63) is 82.1 Å². The second kappa shape index (κ2) is 9.12. The molecule has 188 valence electrons. The number of benzene rings is 2. The maximum Gasteiger partial charge on any atom is 0.322 e. The van der Waals surface area contributed by atoms with E-state index in [1.165, 1.54) is 16.0 Å². The summed E-state index contributed by atoms with van der Waals surface area (Å²) in [6.45, 7) is 6.64. The van der Waals surface area contributed by atoms with Crippen LogP contribution in [0.1, 0.15) is 68.0 Å². The summed E-state index contributed by atoms with van der Waals surface area (Å²) in [5.74, 6) is -0.390. The van der Waals surface area contributed by atoms with Gasteiger partial charge in [-0.15, -0.1) is 0 Å². The van der Waals surface area contributed by atoms with E-state index in [0.717, 1.165) is 30.4 Å². The maximum absolute atomic E-state index is 13.5. The second-order valence-corrected chi connectivity index (χ2v) is 11.0. The molecule has 0 saturated heterocycles. The van der Waals surface area contributed by atoms with Gasteiger partial charge in [0.2, 0.25) is 5.91 Å². The zero-order valence-corrected chi connectivity index (χ0v) is 21.4. The largest absolute Gasteiger partial charge is 0.348 e. The number of rotatable bonds is 4. The van der Waals surface area contributed by atoms with Gasteiger partial charge in [-0.05, 0) is 46.9 Å². The molecule has 5 rings (SSSR count). The topological polar surface area (TPSA) is 81.8 Å². The molecule has 7 heteroatoms. The van der Waals surface area contributed by atoms with Crippen LogP contribution in [-0.4, -0.2) is 47.8 Å². The zero-order valence-electron chi connectivity index (χ0n) is 21.4. The van der Waals surface area contributed by atoms with E-state index in [1.807, 2.05) is 36.4 Å². The van der Waals surface area contributed by atoms with E-state index in [9.17, 15) is 14.4 Å². The van der Waals surface area contributed by atoms with Crippen LogP contribution in [0.5, 0.6) is 0 Å². The van der Waals surface area contributed by atoms with Gasteiger partial charge in [-0.25, -0.2) is 4.79 Å². The summed E-state index contributed by atoms with van der Waals surface area (Å²) in [4.78, 5) is 42.3. The molecule has 2 aromatic rings. The van der Waals surface area contributed by atoms with Gasteiger partial charge in [0.05, 0.1) is 29.9 Å². The lowest BCUT2D eigenvalue weighted by Crippen LogP contribution is -2.45. The van der Waals surface area contributed by atoms with E-state index >= 15 is 0 Å². The predicted molar refractivity (Wildman–Crippen MR) is 138 cm³/mol. The van der Waals surface area contributed by atoms with E-state index in [-0.39, 0.29) is 42.4 Å². The SMILES string of the molecule is CN1C(=O)N[C@@H](c2ccc(C(C)(C)C)cc2)C2=C1CN(CC(=O)N[C@@H]1CCCc3ccccc31)C2=O. The van der Waals surface area contributed by atoms with Gasteiger partial charge in [-0.3, -0.25) is 14.5 Å². The van der Waals surface area contributed by atoms with Gasteiger partial charge in [-0.1, -0.05) is 69.3 Å². The molecule has 0 fully saturated rings. The normalized spacial score (nSPS) is 21.8. The molecular formula is C29H34N4O3. The molecule has 0 spiro atoms. The van der Waals surface area contributed by atoms with Crippen LogP contribution >= 0.6 is 0 Å². The van der Waals surface area contributed by atoms with Crippen molar-refractivity contribution in [2.75, 3.05) is 20.1 Å². The predicted octanol–water partition coefficient (Wildman–Crippen LogP) is 3.97. The van der Waals surface area contributed by atoms with Crippen LogP contribution in [-0.2, 0) is 21.4 Å². The highest BCUT2D eigenvalue weighted by molar-refractivity contribution is 6.03. The summed E-state index contributed by atoms with van der Waals surface area (Å²) < 4.78 is 0. The van der Waals surface area contributed by atoms with E-state index in [0.29, 0.717) is 11.3 Å². The van der Waals surface area contributed by atoms with E-state index < -0.39 is 6.04 Å². The first-order chi connectivity index (χ1) is 17.1. The molecule has 2 heterocycles. The minimum absolute atomic E-state index is 0.00513. The Balaban J connectivity index is 1.33. The number of likely N-dealkylation sites (N-methyl/N-ethyl adjacent to an activating group) is 1. The fourth-order valence-corrected chi connectivity index (χ4v) is 5.49. The van der Waals surface area contributed by atoms with Gasteiger partial charge in [0, 0.05) is 7.05 Å². The first-order valence-electron chi connectivity index (χ1n) is 12.7. The third kappa shape index (κ3) is 4.38. The van der Waals surface area contributed by atoms with Gasteiger partial charge in [0.1, 0.15) is 6.54 Å². The van der Waals surface area contributed by atoms with Crippen LogP contribution in [0.4, 0.5) is 4.79 Å². The first-order valence-corrected chi connectivity index (χ1v) is 12.7. The lowest BCUT2D eigenvalue weighted by molar-refractivity contribution is -0.132. The molecule has 4 amide bonds. The molecule has 36 heavy (non-hydrogen) atoms. The summed E-state index contributed by atoms with van der Waals surface area (Å²) in [7, 11) is 1.67. The Kier molecular flexibility index (Phi) is 6.10. The summed E-state index contributed by atoms with van der Waals surface area (Å²) in [5, 5.41) is 6.11. The lowest BCUT2D eigenvalue weighted by Gasteiger charge is -2.31. The highest BCUT2D eigenvalue weighted by atomic mass is 16.2. The van der Waals surface area contributed by atoms with Crippen molar-refractivity contribution in [1.82, 2.24) is 20.4 Å². The molecule has 1 aliphatic carbocycles. The molecule has 2 atom stereocenters. The molecule has 2 N–H and O–H groups in total. The number of nitrogens with one attached hydrogen (secondary N) is 2. The Labute approximate surface area is 212 Å². The van der Waals surface area contributed by atoms with E-state index in [2.05, 4.69) is 43.5 Å².